The van der Waals surface area contributed by atoms with Crippen LogP contribution in [-0.4, -0.2) is 59.7 Å². The zero-order valence-corrected chi connectivity index (χ0v) is 21.9. The number of alkyl halides is 7. The van der Waals surface area contributed by atoms with Crippen LogP contribution in [0.25, 0.3) is 22.5 Å². The summed E-state index contributed by atoms with van der Waals surface area (Å²) in [7, 11) is 0. The van der Waals surface area contributed by atoms with Crippen molar-refractivity contribution in [1.29, 1.82) is 0 Å². The molecule has 1 aliphatic heterocycles. The summed E-state index contributed by atoms with van der Waals surface area (Å²) in [5, 5.41) is 14.5. The third-order valence-corrected chi connectivity index (χ3v) is 6.39. The molecule has 0 spiro atoms. The number of hydrogen-bond acceptors (Lipinski definition) is 9. The lowest BCUT2D eigenvalue weighted by Crippen LogP contribution is -2.40. The maximum Gasteiger partial charge on any atom is 0.436 e. The van der Waals surface area contributed by atoms with E-state index in [2.05, 4.69) is 41.3 Å². The first-order valence-electron chi connectivity index (χ1n) is 12.0. The molecule has 1 aliphatic rings. The Morgan fingerprint density at radius 3 is 2.44 bits per heavy atom. The minimum atomic E-state index is -4.80. The van der Waals surface area contributed by atoms with E-state index in [-0.39, 0.29) is 45.3 Å². The molecule has 1 unspecified atom stereocenters. The van der Waals surface area contributed by atoms with E-state index in [1.165, 1.54) is 41.5 Å². The summed E-state index contributed by atoms with van der Waals surface area (Å²) in [5.74, 6) is -0.976. The number of pyridine rings is 1. The van der Waals surface area contributed by atoms with Crippen LogP contribution in [0.2, 0.25) is 5.02 Å². The fourth-order valence-electron chi connectivity index (χ4n) is 4.15. The molecule has 0 amide bonds. The Hall–Kier alpha value is -4.36. The van der Waals surface area contributed by atoms with Crippen molar-refractivity contribution in [1.82, 2.24) is 50.9 Å². The van der Waals surface area contributed by atoms with Crippen LogP contribution in [0.5, 0.6) is 0 Å². The summed E-state index contributed by atoms with van der Waals surface area (Å²) in [4.78, 5) is 4.29. The topological polar surface area (TPSA) is 111 Å². The van der Waals surface area contributed by atoms with Gasteiger partial charge in [-0.05, 0) is 24.6 Å². The third kappa shape index (κ3) is 6.37. The molecule has 0 aliphatic carbocycles. The molecule has 0 saturated heterocycles. The van der Waals surface area contributed by atoms with E-state index in [9.17, 15) is 30.7 Å². The predicted octanol–water partition coefficient (Wildman–Crippen LogP) is 4.80. The van der Waals surface area contributed by atoms with Crippen molar-refractivity contribution < 1.29 is 39.9 Å². The summed E-state index contributed by atoms with van der Waals surface area (Å²) in [6.07, 6.45) is -0.656. The van der Waals surface area contributed by atoms with E-state index in [4.69, 9.17) is 11.6 Å². The molecular formula is C23H17ClF8N10O. The number of halogens is 9. The van der Waals surface area contributed by atoms with Gasteiger partial charge in [-0.2, -0.15) is 30.7 Å². The van der Waals surface area contributed by atoms with Crippen molar-refractivity contribution >= 4 is 17.3 Å². The van der Waals surface area contributed by atoms with Crippen molar-refractivity contribution in [3.05, 3.63) is 77.0 Å². The van der Waals surface area contributed by atoms with Gasteiger partial charge in [0.25, 0.3) is 0 Å². The molecule has 43 heavy (non-hydrogen) atoms. The van der Waals surface area contributed by atoms with Crippen LogP contribution in [0.1, 0.15) is 29.5 Å². The fourth-order valence-corrected chi connectivity index (χ4v) is 4.31. The summed E-state index contributed by atoms with van der Waals surface area (Å²) < 4.78 is 113. The zero-order valence-electron chi connectivity index (χ0n) is 21.2. The molecule has 1 atom stereocenters. The molecule has 1 aromatic carbocycles. The Kier molecular flexibility index (Phi) is 8.47. The standard InChI is InChI=1S/C23H17ClF8N10O/c24-12-2-4-16(41-10-18(36-39-41)23(30,31)32)19(20(12)25)11-1-3-13(33-7-11)15(5-6-43-22(28)29)40-9-14(35-38-40)17-8-34-37-42(17)21(26)27/h1-4,7-10,15,21-22,34,37H,5-6H2. The first-order chi connectivity index (χ1) is 20.4. The van der Waals surface area contributed by atoms with Gasteiger partial charge in [0, 0.05) is 23.5 Å². The molecule has 3 aromatic heterocycles. The van der Waals surface area contributed by atoms with Crippen LogP contribution in [0.4, 0.5) is 35.1 Å². The van der Waals surface area contributed by atoms with Crippen LogP contribution in [0.15, 0.2) is 49.1 Å². The molecule has 2 N–H and O–H groups in total. The lowest BCUT2D eigenvalue weighted by molar-refractivity contribution is -0.141. The number of ether oxygens (including phenoxy) is 1. The monoisotopic (exact) mass is 636 g/mol. The highest BCUT2D eigenvalue weighted by molar-refractivity contribution is 6.31. The normalized spacial score (nSPS) is 14.5. The second-order valence-electron chi connectivity index (χ2n) is 8.73. The maximum absolute atomic E-state index is 15.3. The quantitative estimate of drug-likeness (QED) is 0.187. The minimum absolute atomic E-state index is 0.00546. The van der Waals surface area contributed by atoms with Crippen molar-refractivity contribution in [2.45, 2.75) is 31.8 Å². The van der Waals surface area contributed by atoms with Crippen molar-refractivity contribution in [2.24, 2.45) is 0 Å². The Balaban J connectivity index is 1.49. The van der Waals surface area contributed by atoms with Crippen molar-refractivity contribution in [3.8, 4) is 16.8 Å². The van der Waals surface area contributed by atoms with E-state index < -0.39 is 43.5 Å². The van der Waals surface area contributed by atoms with Crippen LogP contribution < -0.4 is 11.0 Å². The molecule has 4 aromatic rings. The van der Waals surface area contributed by atoms with Crippen molar-refractivity contribution in [2.75, 3.05) is 6.61 Å². The summed E-state index contributed by atoms with van der Waals surface area (Å²) in [6, 6.07) is 4.22. The first kappa shape index (κ1) is 30.1. The van der Waals surface area contributed by atoms with E-state index in [0.717, 1.165) is 10.7 Å². The number of hydrogen-bond donors (Lipinski definition) is 2. The van der Waals surface area contributed by atoms with Gasteiger partial charge >= 0.3 is 19.3 Å². The van der Waals surface area contributed by atoms with E-state index in [1.807, 2.05) is 0 Å². The fraction of sp³-hybridized carbons (Fsp3) is 0.261. The van der Waals surface area contributed by atoms with Crippen LogP contribution in [0.3, 0.4) is 0 Å². The van der Waals surface area contributed by atoms with Crippen molar-refractivity contribution in [3.63, 3.8) is 0 Å². The Morgan fingerprint density at radius 2 is 1.79 bits per heavy atom. The molecule has 228 valence electrons. The number of benzene rings is 1. The highest BCUT2D eigenvalue weighted by Gasteiger charge is 2.35. The molecular weight excluding hydrogens is 620 g/mol. The first-order valence-corrected chi connectivity index (χ1v) is 12.4. The molecule has 11 nitrogen and oxygen atoms in total. The summed E-state index contributed by atoms with van der Waals surface area (Å²) in [5.41, 5.74) is 3.17. The molecule has 20 heteroatoms. The van der Waals surface area contributed by atoms with Crippen LogP contribution >= 0.6 is 11.6 Å². The maximum atomic E-state index is 15.3. The highest BCUT2D eigenvalue weighted by Crippen LogP contribution is 2.35. The number of nitrogens with zero attached hydrogens (tertiary/aromatic N) is 8. The minimum Gasteiger partial charge on any atom is -0.323 e. The summed E-state index contributed by atoms with van der Waals surface area (Å²) >= 11 is 5.95. The van der Waals surface area contributed by atoms with Gasteiger partial charge in [-0.3, -0.25) is 4.98 Å². The van der Waals surface area contributed by atoms with E-state index in [0.29, 0.717) is 11.2 Å². The van der Waals surface area contributed by atoms with Gasteiger partial charge in [-0.25, -0.2) is 18.8 Å². The SMILES string of the molecule is Fc1c(Cl)ccc(-n2cc(C(F)(F)F)nn2)c1-c1ccc(C(CCOC(F)F)n2cc(C3=CNNN3C(F)F)nn2)nc1. The largest absolute Gasteiger partial charge is 0.436 e. The van der Waals surface area contributed by atoms with Gasteiger partial charge in [0.05, 0.1) is 41.4 Å². The number of hydrazine groups is 2. The molecule has 0 saturated carbocycles. The second-order valence-corrected chi connectivity index (χ2v) is 9.13. The Morgan fingerprint density at radius 1 is 1.00 bits per heavy atom. The third-order valence-electron chi connectivity index (χ3n) is 6.10. The average molecular weight is 637 g/mol. The van der Waals surface area contributed by atoms with Crippen LogP contribution in [-0.2, 0) is 10.9 Å². The van der Waals surface area contributed by atoms with Gasteiger partial charge in [0.15, 0.2) is 11.5 Å². The van der Waals surface area contributed by atoms with E-state index >= 15 is 4.39 Å². The molecule has 4 heterocycles. The summed E-state index contributed by atoms with van der Waals surface area (Å²) in [6.45, 7) is -6.47. The van der Waals surface area contributed by atoms with E-state index in [1.54, 1.807) is 0 Å². The second kappa shape index (κ2) is 12.1. The van der Waals surface area contributed by atoms with Gasteiger partial charge in [0.1, 0.15) is 11.4 Å². The zero-order chi connectivity index (χ0) is 30.9. The molecule has 5 rings (SSSR count). The number of nitrogens with one attached hydrogen (secondary N) is 2. The highest BCUT2D eigenvalue weighted by atomic mass is 35.5. The van der Waals surface area contributed by atoms with Gasteiger partial charge in [-0.1, -0.05) is 28.1 Å². The Labute approximate surface area is 240 Å². The lowest BCUT2D eigenvalue weighted by atomic mass is 10.0. The predicted molar refractivity (Wildman–Crippen MR) is 131 cm³/mol. The lowest BCUT2D eigenvalue weighted by Gasteiger charge is -2.19. The average Bonchev–Trinajstić information content (AvgIpc) is 3.73. The molecule has 0 fully saturated rings. The van der Waals surface area contributed by atoms with Gasteiger partial charge in [0.2, 0.25) is 0 Å². The number of aromatic nitrogens is 7. The molecule has 0 bridgehead atoms. The van der Waals surface area contributed by atoms with Crippen LogP contribution in [0, 0.1) is 5.82 Å². The molecule has 0 radical (unpaired) electrons. The Bertz CT molecular complexity index is 1610. The van der Waals surface area contributed by atoms with Gasteiger partial charge < -0.3 is 10.2 Å². The number of rotatable bonds is 10. The van der Waals surface area contributed by atoms with Gasteiger partial charge in [-0.15, -0.1) is 15.7 Å². The smallest absolute Gasteiger partial charge is 0.323 e.